The second-order valence-corrected chi connectivity index (χ2v) is 11.6. The molecule has 0 heterocycles. The molecule has 36 heavy (non-hydrogen) atoms. The van der Waals surface area contributed by atoms with Gasteiger partial charge in [0.2, 0.25) is 0 Å². The Kier molecular flexibility index (Phi) is 9.63. The molecule has 0 unspecified atom stereocenters. The summed E-state index contributed by atoms with van der Waals surface area (Å²) in [5.41, 5.74) is 2.87. The Balaban J connectivity index is 1.77. The Morgan fingerprint density at radius 2 is 1.14 bits per heavy atom. The van der Waals surface area contributed by atoms with Gasteiger partial charge in [0.1, 0.15) is 5.75 Å². The quantitative estimate of drug-likeness (QED) is 0.258. The van der Waals surface area contributed by atoms with Gasteiger partial charge >= 0.3 is 0 Å². The van der Waals surface area contributed by atoms with Crippen molar-refractivity contribution in [3.8, 4) is 5.75 Å². The minimum Gasteiger partial charge on any atom is -0.494 e. The molecule has 194 valence electrons. The second kappa shape index (κ2) is 12.5. The van der Waals surface area contributed by atoms with Crippen LogP contribution in [0.3, 0.4) is 0 Å². The van der Waals surface area contributed by atoms with Gasteiger partial charge in [-0.3, -0.25) is 8.37 Å². The highest BCUT2D eigenvalue weighted by atomic mass is 32.2. The van der Waals surface area contributed by atoms with Crippen molar-refractivity contribution in [3.63, 3.8) is 0 Å². The van der Waals surface area contributed by atoms with Crippen molar-refractivity contribution in [3.05, 3.63) is 89.0 Å². The van der Waals surface area contributed by atoms with Gasteiger partial charge in [0, 0.05) is 0 Å². The van der Waals surface area contributed by atoms with Crippen LogP contribution in [0.5, 0.6) is 5.75 Å². The van der Waals surface area contributed by atoms with Crippen LogP contribution < -0.4 is 10.1 Å². The van der Waals surface area contributed by atoms with Crippen LogP contribution in [0.1, 0.15) is 28.7 Å². The molecule has 0 fully saturated rings. The van der Waals surface area contributed by atoms with Gasteiger partial charge in [0.05, 0.1) is 29.6 Å². The number of hydrogen-bond donors (Lipinski definition) is 1. The standard InChI is InChI=1S/C26H31NO7S2/c1-20-5-9-25(10-6-20)35(28,29)33-18-22-15-23(17-24(16-22)32-14-4-13-27-3)19-34-36(30,31)26-11-7-21(2)8-12-26/h5-12,15-17,27H,4,13-14,18-19H2,1-3H3. The van der Waals surface area contributed by atoms with E-state index in [9.17, 15) is 16.8 Å². The lowest BCUT2D eigenvalue weighted by atomic mass is 10.1. The van der Waals surface area contributed by atoms with Gasteiger partial charge in [-0.2, -0.15) is 16.8 Å². The van der Waals surface area contributed by atoms with Crippen molar-refractivity contribution >= 4 is 20.2 Å². The predicted molar refractivity (Wildman–Crippen MR) is 137 cm³/mol. The second-order valence-electron chi connectivity index (χ2n) is 8.35. The first kappa shape index (κ1) is 27.8. The summed E-state index contributed by atoms with van der Waals surface area (Å²) in [5.74, 6) is 0.464. The monoisotopic (exact) mass is 533 g/mol. The number of aryl methyl sites for hydroxylation is 2. The molecule has 0 amide bonds. The maximum absolute atomic E-state index is 12.6. The fourth-order valence-electron chi connectivity index (χ4n) is 3.25. The van der Waals surface area contributed by atoms with E-state index in [-0.39, 0.29) is 23.0 Å². The van der Waals surface area contributed by atoms with Crippen LogP contribution in [0.15, 0.2) is 76.5 Å². The highest BCUT2D eigenvalue weighted by molar-refractivity contribution is 7.87. The van der Waals surface area contributed by atoms with E-state index in [1.165, 1.54) is 24.3 Å². The van der Waals surface area contributed by atoms with Crippen molar-refractivity contribution in [2.45, 2.75) is 43.3 Å². The molecular formula is C26H31NO7S2. The smallest absolute Gasteiger partial charge is 0.297 e. The fraction of sp³-hybridized carbons (Fsp3) is 0.308. The third-order valence-corrected chi connectivity index (χ3v) is 7.80. The molecule has 10 heteroatoms. The van der Waals surface area contributed by atoms with Crippen LogP contribution in [0.4, 0.5) is 0 Å². The molecule has 0 saturated carbocycles. The number of ether oxygens (including phenoxy) is 1. The van der Waals surface area contributed by atoms with Crippen LogP contribution in [-0.4, -0.2) is 37.0 Å². The molecule has 8 nitrogen and oxygen atoms in total. The largest absolute Gasteiger partial charge is 0.494 e. The zero-order chi connectivity index (χ0) is 26.2. The number of rotatable bonds is 13. The third-order valence-electron chi connectivity index (χ3n) is 5.25. The van der Waals surface area contributed by atoms with E-state index in [0.717, 1.165) is 24.1 Å². The van der Waals surface area contributed by atoms with Crippen molar-refractivity contribution in [1.29, 1.82) is 0 Å². The average molecular weight is 534 g/mol. The van der Waals surface area contributed by atoms with Crippen LogP contribution in [0.2, 0.25) is 0 Å². The summed E-state index contributed by atoms with van der Waals surface area (Å²) < 4.78 is 66.8. The molecule has 1 N–H and O–H groups in total. The molecule has 0 aliphatic heterocycles. The molecule has 0 spiro atoms. The average Bonchev–Trinajstić information content (AvgIpc) is 2.85. The van der Waals surface area contributed by atoms with Crippen molar-refractivity contribution in [2.75, 3.05) is 20.2 Å². The molecule has 3 rings (SSSR count). The number of hydrogen-bond acceptors (Lipinski definition) is 8. The summed E-state index contributed by atoms with van der Waals surface area (Å²) in [6.07, 6.45) is 0.757. The summed E-state index contributed by atoms with van der Waals surface area (Å²) in [5, 5.41) is 3.04. The van der Waals surface area contributed by atoms with Gasteiger partial charge in [-0.15, -0.1) is 0 Å². The van der Waals surface area contributed by atoms with Crippen molar-refractivity contribution in [2.24, 2.45) is 0 Å². The molecule has 0 atom stereocenters. The van der Waals surface area contributed by atoms with E-state index in [1.54, 1.807) is 42.5 Å². The molecule has 0 aliphatic carbocycles. The maximum Gasteiger partial charge on any atom is 0.297 e. The Bertz CT molecular complexity index is 1250. The van der Waals surface area contributed by atoms with Crippen LogP contribution in [0, 0.1) is 13.8 Å². The summed E-state index contributed by atoms with van der Waals surface area (Å²) in [6, 6.07) is 17.7. The summed E-state index contributed by atoms with van der Waals surface area (Å²) in [4.78, 5) is 0.112. The molecule has 3 aromatic carbocycles. The van der Waals surface area contributed by atoms with Gasteiger partial charge < -0.3 is 10.1 Å². The molecule has 0 bridgehead atoms. The van der Waals surface area contributed by atoms with Gasteiger partial charge in [0.15, 0.2) is 0 Å². The Morgan fingerprint density at radius 1 is 0.694 bits per heavy atom. The first-order valence-electron chi connectivity index (χ1n) is 11.4. The first-order valence-corrected chi connectivity index (χ1v) is 14.2. The minimum absolute atomic E-state index is 0.0559. The molecule has 0 aromatic heterocycles. The number of benzene rings is 3. The zero-order valence-corrected chi connectivity index (χ0v) is 22.2. The maximum atomic E-state index is 12.6. The van der Waals surface area contributed by atoms with E-state index in [1.807, 2.05) is 20.9 Å². The SMILES string of the molecule is CNCCCOc1cc(COS(=O)(=O)c2ccc(C)cc2)cc(COS(=O)(=O)c2ccc(C)cc2)c1. The van der Waals surface area contributed by atoms with E-state index in [0.29, 0.717) is 23.5 Å². The molecule has 0 saturated heterocycles. The first-order chi connectivity index (χ1) is 17.1. The number of nitrogens with one attached hydrogen (secondary N) is 1. The minimum atomic E-state index is -3.98. The third kappa shape index (κ3) is 8.14. The predicted octanol–water partition coefficient (Wildman–Crippen LogP) is 4.10. The van der Waals surface area contributed by atoms with E-state index in [4.69, 9.17) is 13.1 Å². The van der Waals surface area contributed by atoms with E-state index < -0.39 is 20.2 Å². The van der Waals surface area contributed by atoms with Crippen molar-refractivity contribution in [1.82, 2.24) is 5.32 Å². The van der Waals surface area contributed by atoms with E-state index >= 15 is 0 Å². The van der Waals surface area contributed by atoms with E-state index in [2.05, 4.69) is 5.32 Å². The lowest BCUT2D eigenvalue weighted by Crippen LogP contribution is -2.12. The molecule has 0 aliphatic rings. The topological polar surface area (TPSA) is 108 Å². The van der Waals surface area contributed by atoms with Gasteiger partial charge in [0.25, 0.3) is 20.2 Å². The highest BCUT2D eigenvalue weighted by Gasteiger charge is 2.18. The lowest BCUT2D eigenvalue weighted by molar-refractivity contribution is 0.292. The van der Waals surface area contributed by atoms with Crippen LogP contribution in [0.25, 0.3) is 0 Å². The summed E-state index contributed by atoms with van der Waals surface area (Å²) >= 11 is 0. The summed E-state index contributed by atoms with van der Waals surface area (Å²) in [6.45, 7) is 4.42. The van der Waals surface area contributed by atoms with Gasteiger partial charge in [-0.1, -0.05) is 41.5 Å². The normalized spacial score (nSPS) is 12.0. The molecule has 0 radical (unpaired) electrons. The fourth-order valence-corrected chi connectivity index (χ4v) is 5.05. The van der Waals surface area contributed by atoms with Gasteiger partial charge in [-0.05, 0) is 81.4 Å². The Morgan fingerprint density at radius 3 is 1.56 bits per heavy atom. The van der Waals surface area contributed by atoms with Crippen LogP contribution >= 0.6 is 0 Å². The van der Waals surface area contributed by atoms with Crippen LogP contribution in [-0.2, 0) is 41.8 Å². The summed E-state index contributed by atoms with van der Waals surface area (Å²) in [7, 11) is -6.11. The zero-order valence-electron chi connectivity index (χ0n) is 20.6. The molecule has 3 aromatic rings. The lowest BCUT2D eigenvalue weighted by Gasteiger charge is -2.13. The van der Waals surface area contributed by atoms with Gasteiger partial charge in [-0.25, -0.2) is 0 Å². The van der Waals surface area contributed by atoms with Crippen molar-refractivity contribution < 1.29 is 29.9 Å². The Hall–Kier alpha value is -2.76. The molecular weight excluding hydrogens is 502 g/mol. The highest BCUT2D eigenvalue weighted by Crippen LogP contribution is 2.23. The Labute approximate surface area is 213 Å².